The van der Waals surface area contributed by atoms with Crippen LogP contribution in [0.25, 0.3) is 11.0 Å². The van der Waals surface area contributed by atoms with E-state index in [0.717, 1.165) is 28.4 Å². The Morgan fingerprint density at radius 1 is 1.45 bits per heavy atom. The number of fused-ring (bicyclic) bond motifs is 1. The second-order valence-electron chi connectivity index (χ2n) is 6.76. The molecule has 2 aromatic rings. The number of rotatable bonds is 10. The third kappa shape index (κ3) is 8.46. The maximum absolute atomic E-state index is 11.5. The lowest BCUT2D eigenvalue weighted by Gasteiger charge is -2.15. The van der Waals surface area contributed by atoms with Gasteiger partial charge in [0.15, 0.2) is 5.65 Å². The van der Waals surface area contributed by atoms with E-state index in [1.807, 2.05) is 28.7 Å². The van der Waals surface area contributed by atoms with Gasteiger partial charge in [-0.2, -0.15) is 21.7 Å². The highest BCUT2D eigenvalue weighted by molar-refractivity contribution is 14.2. The van der Waals surface area contributed by atoms with E-state index in [4.69, 9.17) is 16.3 Å². The van der Waals surface area contributed by atoms with E-state index in [0.29, 0.717) is 18.5 Å². The Labute approximate surface area is 203 Å². The van der Waals surface area contributed by atoms with Crippen LogP contribution in [0.2, 0.25) is 0 Å². The normalized spacial score (nSPS) is 13.4. The van der Waals surface area contributed by atoms with Crippen molar-refractivity contribution in [2.24, 2.45) is 17.5 Å². The second kappa shape index (κ2) is 13.1. The minimum absolute atomic E-state index is 0.112. The van der Waals surface area contributed by atoms with Crippen molar-refractivity contribution in [2.75, 3.05) is 42.8 Å². The SMILES string of the molecule is CCOC(=O)CN(N)/C=C(\N)Nc1nc(NCC2CC2)c2ccn(SI)c2n1.CSC. The Morgan fingerprint density at radius 2 is 2.16 bits per heavy atom. The molecule has 0 radical (unpaired) electrons. The Balaban J connectivity index is 0.00000107. The van der Waals surface area contributed by atoms with Gasteiger partial charge in [-0.3, -0.25) is 8.77 Å². The number of aromatic nitrogens is 3. The molecule has 0 unspecified atom stereocenters. The van der Waals surface area contributed by atoms with Crippen LogP contribution in [0.5, 0.6) is 0 Å². The number of hydrogen-bond acceptors (Lipinski definition) is 11. The number of esters is 1. The smallest absolute Gasteiger partial charge is 0.327 e. The summed E-state index contributed by atoms with van der Waals surface area (Å²) in [6, 6.07) is 1.99. The maximum atomic E-state index is 11.5. The van der Waals surface area contributed by atoms with Gasteiger partial charge in [-0.05, 0) is 44.3 Å². The van der Waals surface area contributed by atoms with Crippen molar-refractivity contribution in [3.63, 3.8) is 0 Å². The molecule has 0 aromatic carbocycles. The van der Waals surface area contributed by atoms with E-state index in [1.165, 1.54) is 28.2 Å². The minimum atomic E-state index is -0.435. The Hall–Kier alpha value is -1.58. The van der Waals surface area contributed by atoms with E-state index >= 15 is 0 Å². The predicted octanol–water partition coefficient (Wildman–Crippen LogP) is 2.99. The quantitative estimate of drug-likeness (QED) is 0.143. The van der Waals surface area contributed by atoms with Gasteiger partial charge in [-0.1, -0.05) is 0 Å². The van der Waals surface area contributed by atoms with Crippen molar-refractivity contribution in [3.05, 3.63) is 24.3 Å². The fraction of sp³-hybridized carbons (Fsp3) is 0.500. The molecule has 6 N–H and O–H groups in total. The number of carbonyl (C=O) groups is 1. The van der Waals surface area contributed by atoms with Crippen molar-refractivity contribution in [3.8, 4) is 0 Å². The molecule has 172 valence electrons. The van der Waals surface area contributed by atoms with E-state index < -0.39 is 5.97 Å². The number of anilines is 2. The van der Waals surface area contributed by atoms with Gasteiger partial charge in [-0.15, -0.1) is 0 Å². The summed E-state index contributed by atoms with van der Waals surface area (Å²) in [5.41, 5.74) is 6.77. The molecule has 13 heteroatoms. The zero-order valence-electron chi connectivity index (χ0n) is 17.8. The van der Waals surface area contributed by atoms with Gasteiger partial charge in [0.25, 0.3) is 0 Å². The van der Waals surface area contributed by atoms with Gasteiger partial charge >= 0.3 is 5.97 Å². The largest absolute Gasteiger partial charge is 0.465 e. The first-order valence-corrected chi connectivity index (χ1v) is 14.6. The fourth-order valence-electron chi connectivity index (χ4n) is 2.54. The molecule has 0 amide bonds. The van der Waals surface area contributed by atoms with Crippen LogP contribution in [0.4, 0.5) is 11.8 Å². The zero-order valence-corrected chi connectivity index (χ0v) is 21.6. The predicted molar refractivity (Wildman–Crippen MR) is 139 cm³/mol. The van der Waals surface area contributed by atoms with Crippen LogP contribution in [0, 0.1) is 5.92 Å². The summed E-state index contributed by atoms with van der Waals surface area (Å²) in [5, 5.41) is 8.43. The first kappa shape index (κ1) is 25.7. The molecule has 10 nitrogen and oxygen atoms in total. The van der Waals surface area contributed by atoms with Gasteiger partial charge in [0, 0.05) is 43.1 Å². The van der Waals surface area contributed by atoms with Crippen molar-refractivity contribution in [1.82, 2.24) is 18.9 Å². The number of hydrogen-bond donors (Lipinski definition) is 4. The molecule has 0 spiro atoms. The fourth-order valence-corrected chi connectivity index (χ4v) is 3.81. The first-order chi connectivity index (χ1) is 14.9. The molecule has 0 atom stereocenters. The average Bonchev–Trinajstić information content (AvgIpc) is 3.44. The number of nitrogens with one attached hydrogen (secondary N) is 2. The standard InChI is InChI=1S/C16H23IN8O2S.C2H6S/c1-2-27-13(26)9-24(19)8-12(18)21-16-22-14(20-7-10-3-4-10)11-5-6-25(28-17)15(11)23-16;1-3-2/h5-6,8,10H,2-4,7,9,18-19H2,1H3,(H2,20,21,22,23);1-2H3/b12-8+;. The van der Waals surface area contributed by atoms with Gasteiger partial charge in [-0.25, -0.2) is 5.84 Å². The van der Waals surface area contributed by atoms with Gasteiger partial charge in [0.1, 0.15) is 18.2 Å². The third-order valence-corrected chi connectivity index (χ3v) is 5.73. The molecule has 0 bridgehead atoms. The molecule has 31 heavy (non-hydrogen) atoms. The molecule has 1 aliphatic rings. The summed E-state index contributed by atoms with van der Waals surface area (Å²) in [6.45, 7) is 2.80. The van der Waals surface area contributed by atoms with Gasteiger partial charge in [0.2, 0.25) is 5.95 Å². The Bertz CT molecular complexity index is 891. The Morgan fingerprint density at radius 3 is 2.77 bits per heavy atom. The van der Waals surface area contributed by atoms with E-state index in [2.05, 4.69) is 41.8 Å². The molecule has 1 fully saturated rings. The first-order valence-electron chi connectivity index (χ1n) is 9.65. The zero-order chi connectivity index (χ0) is 22.8. The highest BCUT2D eigenvalue weighted by atomic mass is 127. The Kier molecular flexibility index (Phi) is 10.8. The van der Waals surface area contributed by atoms with Crippen LogP contribution in [0.15, 0.2) is 24.3 Å². The minimum Gasteiger partial charge on any atom is -0.465 e. The number of carbonyl (C=O) groups excluding carboxylic acids is 1. The number of halogens is 1. The molecule has 0 saturated heterocycles. The molecule has 3 rings (SSSR count). The number of ether oxygens (including phenoxy) is 1. The molecular weight excluding hydrogens is 551 g/mol. The van der Waals surface area contributed by atoms with Crippen molar-refractivity contribution in [2.45, 2.75) is 19.8 Å². The van der Waals surface area contributed by atoms with Gasteiger partial charge < -0.3 is 26.1 Å². The molecule has 1 saturated carbocycles. The number of nitrogens with zero attached hydrogens (tertiary/aromatic N) is 4. The maximum Gasteiger partial charge on any atom is 0.327 e. The summed E-state index contributed by atoms with van der Waals surface area (Å²) in [5.74, 6) is 7.35. The topological polar surface area (TPSA) is 136 Å². The summed E-state index contributed by atoms with van der Waals surface area (Å²) < 4.78 is 6.80. The van der Waals surface area contributed by atoms with E-state index in [9.17, 15) is 4.79 Å². The van der Waals surface area contributed by atoms with Crippen molar-refractivity contribution >= 4 is 70.9 Å². The lowest BCUT2D eigenvalue weighted by atomic mass is 10.3. The van der Waals surface area contributed by atoms with Crippen LogP contribution in [0.1, 0.15) is 19.8 Å². The number of hydrazine groups is 1. The lowest BCUT2D eigenvalue weighted by Crippen LogP contribution is -2.34. The van der Waals surface area contributed by atoms with Crippen LogP contribution >= 0.6 is 42.1 Å². The van der Waals surface area contributed by atoms with Crippen molar-refractivity contribution in [1.29, 1.82) is 0 Å². The van der Waals surface area contributed by atoms with E-state index in [1.54, 1.807) is 18.7 Å². The molecule has 1 aliphatic carbocycles. The number of nitrogens with two attached hydrogens (primary N) is 2. The van der Waals surface area contributed by atoms with Crippen LogP contribution in [0.3, 0.4) is 0 Å². The second-order valence-corrected chi connectivity index (χ2v) is 9.29. The van der Waals surface area contributed by atoms with Crippen LogP contribution in [-0.2, 0) is 9.53 Å². The molecule has 2 heterocycles. The molecule has 0 aliphatic heterocycles. The van der Waals surface area contributed by atoms with Crippen LogP contribution in [-0.4, -0.2) is 57.1 Å². The van der Waals surface area contributed by atoms with E-state index in [-0.39, 0.29) is 12.4 Å². The van der Waals surface area contributed by atoms with Gasteiger partial charge in [0.05, 0.1) is 18.2 Å². The molecule has 2 aromatic heterocycles. The monoisotopic (exact) mass is 580 g/mol. The summed E-state index contributed by atoms with van der Waals surface area (Å²) >= 11 is 3.95. The van der Waals surface area contributed by atoms with Crippen molar-refractivity contribution < 1.29 is 9.53 Å². The highest BCUT2D eigenvalue weighted by Gasteiger charge is 2.22. The lowest BCUT2D eigenvalue weighted by molar-refractivity contribution is -0.143. The third-order valence-electron chi connectivity index (χ3n) is 4.02. The highest BCUT2D eigenvalue weighted by Crippen LogP contribution is 2.32. The summed E-state index contributed by atoms with van der Waals surface area (Å²) in [7, 11) is 1.52. The molecular formula is C18H29IN8O2S2. The number of thioether (sulfide) groups is 1. The summed E-state index contributed by atoms with van der Waals surface area (Å²) in [4.78, 5) is 20.6. The average molecular weight is 581 g/mol. The van der Waals surface area contributed by atoms with Crippen LogP contribution < -0.4 is 22.2 Å². The summed E-state index contributed by atoms with van der Waals surface area (Å²) in [6.07, 6.45) is 9.93.